The van der Waals surface area contributed by atoms with Gasteiger partial charge in [-0.2, -0.15) is 0 Å². The average Bonchev–Trinajstić information content (AvgIpc) is 2.28. The number of allylic oxidation sites excluding steroid dienone is 1. The van der Waals surface area contributed by atoms with E-state index in [-0.39, 0.29) is 0 Å². The molecule has 1 heteroatoms. The van der Waals surface area contributed by atoms with Crippen LogP contribution in [0, 0.1) is 0 Å². The van der Waals surface area contributed by atoms with Gasteiger partial charge in [0.2, 0.25) is 0 Å². The fourth-order valence-corrected chi connectivity index (χ4v) is 1.70. The second kappa shape index (κ2) is 4.24. The molecule has 0 radical (unpaired) electrons. The van der Waals surface area contributed by atoms with E-state index < -0.39 is 0 Å². The summed E-state index contributed by atoms with van der Waals surface area (Å²) in [6.07, 6.45) is 6.69. The monoisotopic (exact) mass is 173 g/mol. The third-order valence-corrected chi connectivity index (χ3v) is 2.46. The highest BCUT2D eigenvalue weighted by atomic mass is 14.8. The van der Waals surface area contributed by atoms with Gasteiger partial charge in [0, 0.05) is 6.54 Å². The lowest BCUT2D eigenvalue weighted by Crippen LogP contribution is -2.16. The van der Waals surface area contributed by atoms with Gasteiger partial charge in [-0.1, -0.05) is 36.4 Å². The fraction of sp³-hybridized carbons (Fsp3) is 0.333. The molecule has 1 N–H and O–H groups in total. The van der Waals surface area contributed by atoms with Crippen LogP contribution in [0.15, 0.2) is 36.4 Å². The summed E-state index contributed by atoms with van der Waals surface area (Å²) in [4.78, 5) is 0. The van der Waals surface area contributed by atoms with Gasteiger partial charge in [0.05, 0.1) is 0 Å². The number of hydrogen-bond donors (Lipinski definition) is 1. The Morgan fingerprint density at radius 3 is 2.77 bits per heavy atom. The van der Waals surface area contributed by atoms with Crippen molar-refractivity contribution in [1.82, 2.24) is 5.32 Å². The number of hydrogen-bond acceptors (Lipinski definition) is 1. The molecule has 0 saturated carbocycles. The Morgan fingerprint density at radius 1 is 1.00 bits per heavy atom. The summed E-state index contributed by atoms with van der Waals surface area (Å²) in [5.41, 5.74) is 2.96. The number of nitrogens with one attached hydrogen (secondary N) is 1. The smallest absolute Gasteiger partial charge is 0.0135 e. The second-order valence-corrected chi connectivity index (χ2v) is 3.40. The molecule has 1 aliphatic heterocycles. The zero-order chi connectivity index (χ0) is 8.93. The summed E-state index contributed by atoms with van der Waals surface area (Å²) in [5, 5.41) is 3.38. The molecule has 0 aliphatic carbocycles. The van der Waals surface area contributed by atoms with Gasteiger partial charge >= 0.3 is 0 Å². The summed E-state index contributed by atoms with van der Waals surface area (Å²) in [6.45, 7) is 2.09. The summed E-state index contributed by atoms with van der Waals surface area (Å²) in [6, 6.07) is 8.71. The van der Waals surface area contributed by atoms with Crippen molar-refractivity contribution in [2.45, 2.75) is 12.8 Å². The van der Waals surface area contributed by atoms with Crippen molar-refractivity contribution in [3.8, 4) is 0 Å². The van der Waals surface area contributed by atoms with Gasteiger partial charge < -0.3 is 5.32 Å². The molecule has 0 unspecified atom stereocenters. The number of benzene rings is 1. The van der Waals surface area contributed by atoms with Crippen LogP contribution in [0.2, 0.25) is 0 Å². The van der Waals surface area contributed by atoms with Crippen LogP contribution in [0.1, 0.15) is 11.1 Å². The van der Waals surface area contributed by atoms with Crippen LogP contribution in [0.25, 0.3) is 0 Å². The molecule has 13 heavy (non-hydrogen) atoms. The lowest BCUT2D eigenvalue weighted by atomic mass is 10.0. The van der Waals surface area contributed by atoms with Crippen LogP contribution in [0.3, 0.4) is 0 Å². The van der Waals surface area contributed by atoms with E-state index >= 15 is 0 Å². The van der Waals surface area contributed by atoms with E-state index in [1.54, 1.807) is 0 Å². The van der Waals surface area contributed by atoms with Crippen LogP contribution < -0.4 is 5.32 Å². The fourth-order valence-electron chi connectivity index (χ4n) is 1.70. The predicted molar refractivity (Wildman–Crippen MR) is 55.9 cm³/mol. The predicted octanol–water partition coefficient (Wildman–Crippen LogP) is 1.93. The molecule has 2 rings (SSSR count). The van der Waals surface area contributed by atoms with E-state index in [0.717, 1.165) is 25.9 Å². The quantitative estimate of drug-likeness (QED) is 0.591. The molecular formula is C12H15N. The maximum atomic E-state index is 3.38. The molecule has 0 atom stereocenters. The molecule has 0 aromatic heterocycles. The van der Waals surface area contributed by atoms with Crippen molar-refractivity contribution in [3.63, 3.8) is 0 Å². The highest BCUT2D eigenvalue weighted by Crippen LogP contribution is 2.11. The van der Waals surface area contributed by atoms with E-state index in [2.05, 4.69) is 41.7 Å². The van der Waals surface area contributed by atoms with Crippen molar-refractivity contribution in [3.05, 3.63) is 47.5 Å². The summed E-state index contributed by atoms with van der Waals surface area (Å²) >= 11 is 0. The minimum absolute atomic E-state index is 1.01. The van der Waals surface area contributed by atoms with Gasteiger partial charge in [0.1, 0.15) is 0 Å². The molecular weight excluding hydrogens is 158 g/mol. The Hall–Kier alpha value is -1.08. The van der Waals surface area contributed by atoms with Crippen molar-refractivity contribution < 1.29 is 0 Å². The van der Waals surface area contributed by atoms with Crippen LogP contribution >= 0.6 is 0 Å². The molecule has 0 bridgehead atoms. The minimum Gasteiger partial charge on any atom is -0.313 e. The van der Waals surface area contributed by atoms with Crippen molar-refractivity contribution in [2.75, 3.05) is 13.1 Å². The van der Waals surface area contributed by atoms with Gasteiger partial charge in [0.15, 0.2) is 0 Å². The third-order valence-electron chi connectivity index (χ3n) is 2.46. The first-order valence-electron chi connectivity index (χ1n) is 4.89. The third kappa shape index (κ3) is 2.19. The van der Waals surface area contributed by atoms with Crippen LogP contribution in [-0.2, 0) is 12.8 Å². The zero-order valence-electron chi connectivity index (χ0n) is 7.79. The Balaban J connectivity index is 2.25. The lowest BCUT2D eigenvalue weighted by Gasteiger charge is -2.05. The first-order chi connectivity index (χ1) is 6.47. The Bertz CT molecular complexity index is 302. The summed E-state index contributed by atoms with van der Waals surface area (Å²) < 4.78 is 0. The van der Waals surface area contributed by atoms with Crippen LogP contribution in [0.4, 0.5) is 0 Å². The molecule has 1 heterocycles. The minimum atomic E-state index is 1.01. The van der Waals surface area contributed by atoms with Crippen molar-refractivity contribution in [2.24, 2.45) is 0 Å². The van der Waals surface area contributed by atoms with E-state index in [0.29, 0.717) is 0 Å². The van der Waals surface area contributed by atoms with Crippen molar-refractivity contribution >= 4 is 0 Å². The average molecular weight is 173 g/mol. The van der Waals surface area contributed by atoms with E-state index in [9.17, 15) is 0 Å². The molecule has 1 aliphatic rings. The van der Waals surface area contributed by atoms with Gasteiger partial charge in [0.25, 0.3) is 0 Å². The normalized spacial score (nSPS) is 19.4. The molecule has 0 spiro atoms. The first kappa shape index (κ1) is 8.52. The Kier molecular flexibility index (Phi) is 2.78. The SMILES string of the molecule is C1=C\Cc2ccccc2CCNC/1. The molecule has 1 nitrogen and oxygen atoms in total. The molecule has 0 fully saturated rings. The summed E-state index contributed by atoms with van der Waals surface area (Å²) in [5.74, 6) is 0. The largest absolute Gasteiger partial charge is 0.313 e. The van der Waals surface area contributed by atoms with Crippen molar-refractivity contribution in [1.29, 1.82) is 0 Å². The molecule has 1 aromatic rings. The molecule has 68 valence electrons. The van der Waals surface area contributed by atoms with Gasteiger partial charge in [-0.15, -0.1) is 0 Å². The topological polar surface area (TPSA) is 12.0 Å². The van der Waals surface area contributed by atoms with E-state index in [1.165, 1.54) is 11.1 Å². The highest BCUT2D eigenvalue weighted by molar-refractivity contribution is 5.29. The van der Waals surface area contributed by atoms with E-state index in [1.807, 2.05) is 0 Å². The van der Waals surface area contributed by atoms with Gasteiger partial charge in [-0.25, -0.2) is 0 Å². The van der Waals surface area contributed by atoms with Gasteiger partial charge in [-0.05, 0) is 30.5 Å². The maximum Gasteiger partial charge on any atom is 0.0135 e. The lowest BCUT2D eigenvalue weighted by molar-refractivity contribution is 0.745. The second-order valence-electron chi connectivity index (χ2n) is 3.40. The number of rotatable bonds is 0. The van der Waals surface area contributed by atoms with Crippen LogP contribution in [0.5, 0.6) is 0 Å². The Morgan fingerprint density at radius 2 is 1.85 bits per heavy atom. The standard InChI is InChI=1S/C12H15N/c1-2-6-12-8-10-13-9-4-3-7-11(12)5-1/h1-6,13H,7-10H2/b4-3-. The molecule has 1 aromatic carbocycles. The Labute approximate surface area is 79.5 Å². The zero-order valence-corrected chi connectivity index (χ0v) is 7.79. The van der Waals surface area contributed by atoms with Crippen LogP contribution in [-0.4, -0.2) is 13.1 Å². The molecule has 0 amide bonds. The highest BCUT2D eigenvalue weighted by Gasteiger charge is 2.00. The maximum absolute atomic E-state index is 3.38. The first-order valence-corrected chi connectivity index (χ1v) is 4.89. The number of fused-ring (bicyclic) bond motifs is 1. The molecule has 0 saturated heterocycles. The van der Waals surface area contributed by atoms with Gasteiger partial charge in [-0.3, -0.25) is 0 Å². The van der Waals surface area contributed by atoms with E-state index in [4.69, 9.17) is 0 Å². The summed E-state index contributed by atoms with van der Waals surface area (Å²) in [7, 11) is 0.